The fraction of sp³-hybridized carbons (Fsp3) is 0.400. The Bertz CT molecular complexity index is 607. The zero-order chi connectivity index (χ0) is 15.0. The minimum Gasteiger partial charge on any atom is -0.327 e. The summed E-state index contributed by atoms with van der Waals surface area (Å²) in [7, 11) is 0. The van der Waals surface area contributed by atoms with Gasteiger partial charge in [-0.05, 0) is 67.7 Å². The lowest BCUT2D eigenvalue weighted by Crippen LogP contribution is -2.26. The standard InChI is InChI=1S/C20H25N/c1-13-9-14(2)17(15(3)10-13)12-20(21)19-11-18(19)16-7-5-4-6-8-16/h4-10,18-20H,11-12,21H2,1-3H3. The third-order valence-electron chi connectivity index (χ3n) is 4.90. The van der Waals surface area contributed by atoms with Gasteiger partial charge < -0.3 is 5.73 Å². The summed E-state index contributed by atoms with van der Waals surface area (Å²) < 4.78 is 0. The van der Waals surface area contributed by atoms with Crippen molar-refractivity contribution < 1.29 is 0 Å². The molecular weight excluding hydrogens is 254 g/mol. The SMILES string of the molecule is Cc1cc(C)c(CC(N)C2CC2c2ccccc2)c(C)c1. The number of aryl methyl sites for hydroxylation is 3. The molecule has 2 aromatic rings. The Morgan fingerprint density at radius 2 is 1.67 bits per heavy atom. The van der Waals surface area contributed by atoms with Gasteiger partial charge in [0.2, 0.25) is 0 Å². The van der Waals surface area contributed by atoms with Crippen molar-refractivity contribution in [3.63, 3.8) is 0 Å². The van der Waals surface area contributed by atoms with E-state index in [-0.39, 0.29) is 6.04 Å². The van der Waals surface area contributed by atoms with Crippen molar-refractivity contribution in [1.29, 1.82) is 0 Å². The van der Waals surface area contributed by atoms with E-state index in [1.165, 1.54) is 34.2 Å². The molecule has 0 radical (unpaired) electrons. The summed E-state index contributed by atoms with van der Waals surface area (Å²) in [4.78, 5) is 0. The molecule has 3 atom stereocenters. The average molecular weight is 279 g/mol. The van der Waals surface area contributed by atoms with Crippen LogP contribution < -0.4 is 5.73 Å². The van der Waals surface area contributed by atoms with Crippen molar-refractivity contribution in [2.45, 2.75) is 45.6 Å². The first-order chi connectivity index (χ1) is 10.1. The van der Waals surface area contributed by atoms with Crippen LogP contribution in [0.3, 0.4) is 0 Å². The first-order valence-electron chi connectivity index (χ1n) is 7.93. The molecule has 3 unspecified atom stereocenters. The molecule has 2 N–H and O–H groups in total. The maximum atomic E-state index is 6.51. The lowest BCUT2D eigenvalue weighted by Gasteiger charge is -2.16. The zero-order valence-electron chi connectivity index (χ0n) is 13.3. The van der Waals surface area contributed by atoms with E-state index in [0.717, 1.165) is 6.42 Å². The van der Waals surface area contributed by atoms with Crippen molar-refractivity contribution >= 4 is 0 Å². The summed E-state index contributed by atoms with van der Waals surface area (Å²) >= 11 is 0. The predicted molar refractivity (Wildman–Crippen MR) is 89.6 cm³/mol. The number of benzene rings is 2. The topological polar surface area (TPSA) is 26.0 Å². The molecule has 2 aromatic carbocycles. The maximum Gasteiger partial charge on any atom is 0.0114 e. The van der Waals surface area contributed by atoms with E-state index in [1.807, 2.05) is 0 Å². The highest BCUT2D eigenvalue weighted by Crippen LogP contribution is 2.49. The van der Waals surface area contributed by atoms with Crippen LogP contribution in [0.15, 0.2) is 42.5 Å². The lowest BCUT2D eigenvalue weighted by atomic mass is 9.92. The predicted octanol–water partition coefficient (Wildman–Crippen LogP) is 4.29. The Morgan fingerprint density at radius 1 is 1.05 bits per heavy atom. The summed E-state index contributed by atoms with van der Waals surface area (Å²) in [6.45, 7) is 6.59. The Kier molecular flexibility index (Phi) is 3.86. The van der Waals surface area contributed by atoms with Crippen molar-refractivity contribution in [1.82, 2.24) is 0 Å². The monoisotopic (exact) mass is 279 g/mol. The van der Waals surface area contributed by atoms with Gasteiger partial charge in [0.1, 0.15) is 0 Å². The number of rotatable bonds is 4. The summed E-state index contributed by atoms with van der Waals surface area (Å²) in [6.07, 6.45) is 2.25. The summed E-state index contributed by atoms with van der Waals surface area (Å²) in [5, 5.41) is 0. The first-order valence-corrected chi connectivity index (χ1v) is 7.93. The quantitative estimate of drug-likeness (QED) is 0.888. The van der Waals surface area contributed by atoms with E-state index in [2.05, 4.69) is 63.2 Å². The highest BCUT2D eigenvalue weighted by molar-refractivity contribution is 5.38. The third-order valence-corrected chi connectivity index (χ3v) is 4.90. The molecule has 0 amide bonds. The third kappa shape index (κ3) is 3.03. The molecule has 1 nitrogen and oxygen atoms in total. The van der Waals surface area contributed by atoms with Crippen LogP contribution in [0.4, 0.5) is 0 Å². The molecule has 1 aliphatic carbocycles. The molecule has 21 heavy (non-hydrogen) atoms. The van der Waals surface area contributed by atoms with E-state index in [4.69, 9.17) is 5.73 Å². The molecule has 1 fully saturated rings. The lowest BCUT2D eigenvalue weighted by molar-refractivity contribution is 0.575. The second-order valence-corrected chi connectivity index (χ2v) is 6.66. The summed E-state index contributed by atoms with van der Waals surface area (Å²) in [5.41, 5.74) is 13.5. The van der Waals surface area contributed by atoms with Gasteiger partial charge in [0.25, 0.3) is 0 Å². The molecule has 0 aliphatic heterocycles. The van der Waals surface area contributed by atoms with Gasteiger partial charge in [0, 0.05) is 6.04 Å². The Balaban J connectivity index is 1.70. The number of nitrogens with two attached hydrogens (primary N) is 1. The van der Waals surface area contributed by atoms with E-state index in [9.17, 15) is 0 Å². The molecule has 1 aliphatic rings. The van der Waals surface area contributed by atoms with Crippen molar-refractivity contribution in [2.75, 3.05) is 0 Å². The normalized spacial score (nSPS) is 22.1. The molecule has 1 heteroatoms. The van der Waals surface area contributed by atoms with E-state index < -0.39 is 0 Å². The molecule has 1 saturated carbocycles. The smallest absolute Gasteiger partial charge is 0.0114 e. The van der Waals surface area contributed by atoms with Gasteiger partial charge in [-0.1, -0.05) is 48.0 Å². The van der Waals surface area contributed by atoms with Crippen LogP contribution >= 0.6 is 0 Å². The van der Waals surface area contributed by atoms with E-state index in [1.54, 1.807) is 0 Å². The number of hydrogen-bond donors (Lipinski definition) is 1. The van der Waals surface area contributed by atoms with Gasteiger partial charge in [-0.3, -0.25) is 0 Å². The average Bonchev–Trinajstić information content (AvgIpc) is 3.24. The fourth-order valence-electron chi connectivity index (χ4n) is 3.69. The number of hydrogen-bond acceptors (Lipinski definition) is 1. The molecule has 0 spiro atoms. The van der Waals surface area contributed by atoms with Crippen LogP contribution in [0.25, 0.3) is 0 Å². The summed E-state index contributed by atoms with van der Waals surface area (Å²) in [5.74, 6) is 1.32. The van der Waals surface area contributed by atoms with Crippen LogP contribution in [-0.2, 0) is 6.42 Å². The molecule has 110 valence electrons. The van der Waals surface area contributed by atoms with Crippen LogP contribution in [0.2, 0.25) is 0 Å². The Labute approximate surface area is 128 Å². The van der Waals surface area contributed by atoms with Gasteiger partial charge in [-0.15, -0.1) is 0 Å². The van der Waals surface area contributed by atoms with Gasteiger partial charge in [-0.2, -0.15) is 0 Å². The van der Waals surface area contributed by atoms with Crippen molar-refractivity contribution in [3.8, 4) is 0 Å². The molecule has 0 aromatic heterocycles. The van der Waals surface area contributed by atoms with Crippen LogP contribution in [0.5, 0.6) is 0 Å². The summed E-state index contributed by atoms with van der Waals surface area (Å²) in [6, 6.07) is 15.6. The Hall–Kier alpha value is -1.60. The minimum atomic E-state index is 0.273. The zero-order valence-corrected chi connectivity index (χ0v) is 13.3. The largest absolute Gasteiger partial charge is 0.327 e. The Morgan fingerprint density at radius 3 is 2.29 bits per heavy atom. The van der Waals surface area contributed by atoms with Gasteiger partial charge in [0.05, 0.1) is 0 Å². The first kappa shape index (κ1) is 14.3. The van der Waals surface area contributed by atoms with E-state index >= 15 is 0 Å². The maximum absolute atomic E-state index is 6.51. The fourth-order valence-corrected chi connectivity index (χ4v) is 3.69. The minimum absolute atomic E-state index is 0.273. The van der Waals surface area contributed by atoms with Crippen LogP contribution in [0, 0.1) is 26.7 Å². The second kappa shape index (κ2) is 5.65. The highest BCUT2D eigenvalue weighted by Gasteiger charge is 2.42. The second-order valence-electron chi connectivity index (χ2n) is 6.66. The molecule has 0 saturated heterocycles. The van der Waals surface area contributed by atoms with Gasteiger partial charge in [-0.25, -0.2) is 0 Å². The van der Waals surface area contributed by atoms with Gasteiger partial charge in [0.15, 0.2) is 0 Å². The van der Waals surface area contributed by atoms with Crippen LogP contribution in [0.1, 0.15) is 40.2 Å². The molecule has 0 bridgehead atoms. The van der Waals surface area contributed by atoms with E-state index in [0.29, 0.717) is 11.8 Å². The van der Waals surface area contributed by atoms with Crippen molar-refractivity contribution in [3.05, 3.63) is 70.3 Å². The van der Waals surface area contributed by atoms with Crippen molar-refractivity contribution in [2.24, 2.45) is 11.7 Å². The highest BCUT2D eigenvalue weighted by atomic mass is 14.7. The van der Waals surface area contributed by atoms with Crippen LogP contribution in [-0.4, -0.2) is 6.04 Å². The molecule has 0 heterocycles. The molecule has 3 rings (SSSR count). The molecular formula is C20H25N. The van der Waals surface area contributed by atoms with Gasteiger partial charge >= 0.3 is 0 Å².